The summed E-state index contributed by atoms with van der Waals surface area (Å²) in [5, 5.41) is 0. The quantitative estimate of drug-likeness (QED) is 0.611. The van der Waals surface area contributed by atoms with Crippen LogP contribution in [0.2, 0.25) is 0 Å². The maximum Gasteiger partial charge on any atom is 0.261 e. The van der Waals surface area contributed by atoms with Gasteiger partial charge in [0.1, 0.15) is 0 Å². The summed E-state index contributed by atoms with van der Waals surface area (Å²) in [5.74, 6) is -0.603. The second-order valence-corrected chi connectivity index (χ2v) is 8.14. The molecule has 31 heavy (non-hydrogen) atoms. The van der Waals surface area contributed by atoms with E-state index in [2.05, 4.69) is 10.6 Å². The van der Waals surface area contributed by atoms with E-state index in [0.29, 0.717) is 16.7 Å². The van der Waals surface area contributed by atoms with Crippen molar-refractivity contribution in [3.05, 3.63) is 94.8 Å². The number of amides is 3. The summed E-state index contributed by atoms with van der Waals surface area (Å²) in [6.07, 6.45) is 3.91. The molecule has 0 aliphatic carbocycles. The monoisotopic (exact) mass is 413 g/mol. The molecule has 0 spiro atoms. The Kier molecular flexibility index (Phi) is 4.70. The largest absolute Gasteiger partial charge is 0.353 e. The molecule has 3 amide bonds. The van der Waals surface area contributed by atoms with Gasteiger partial charge in [0.05, 0.1) is 23.7 Å². The van der Waals surface area contributed by atoms with Gasteiger partial charge in [0, 0.05) is 31.0 Å². The maximum absolute atomic E-state index is 13.3. The molecule has 0 saturated carbocycles. The van der Waals surface area contributed by atoms with Gasteiger partial charge in [-0.1, -0.05) is 24.3 Å². The van der Waals surface area contributed by atoms with Gasteiger partial charge in [0.25, 0.3) is 17.7 Å². The van der Waals surface area contributed by atoms with Gasteiger partial charge in [0.15, 0.2) is 0 Å². The number of aromatic nitrogens is 1. The smallest absolute Gasteiger partial charge is 0.261 e. The molecule has 2 aliphatic heterocycles. The Morgan fingerprint density at radius 1 is 0.968 bits per heavy atom. The summed E-state index contributed by atoms with van der Waals surface area (Å²) < 4.78 is 2.06. The van der Waals surface area contributed by atoms with Gasteiger partial charge in [0.2, 0.25) is 0 Å². The molecule has 1 saturated heterocycles. The maximum atomic E-state index is 13.3. The lowest BCUT2D eigenvalue weighted by atomic mass is 10.1. The second-order valence-electron chi connectivity index (χ2n) is 8.14. The summed E-state index contributed by atoms with van der Waals surface area (Å²) >= 11 is 0. The molecule has 0 radical (unpaired) electrons. The van der Waals surface area contributed by atoms with Crippen LogP contribution in [0, 0.1) is 0 Å². The van der Waals surface area contributed by atoms with Crippen LogP contribution in [0.1, 0.15) is 61.2 Å². The zero-order chi connectivity index (χ0) is 21.5. The number of fused-ring (bicyclic) bond motifs is 1. The first-order valence-corrected chi connectivity index (χ1v) is 10.5. The number of hydrogen-bond acceptors (Lipinski definition) is 3. The Bertz CT molecular complexity index is 1160. The zero-order valence-electron chi connectivity index (χ0n) is 17.3. The van der Waals surface area contributed by atoms with E-state index >= 15 is 0 Å². The van der Waals surface area contributed by atoms with Crippen LogP contribution in [-0.4, -0.2) is 38.6 Å². The van der Waals surface area contributed by atoms with E-state index in [1.54, 1.807) is 36.4 Å². The Hall–Kier alpha value is -3.67. The third kappa shape index (κ3) is 3.24. The first-order valence-electron chi connectivity index (χ1n) is 10.5. The molecule has 156 valence electrons. The molecule has 6 heteroatoms. The van der Waals surface area contributed by atoms with Crippen LogP contribution in [0.25, 0.3) is 0 Å². The fourth-order valence-electron chi connectivity index (χ4n) is 4.67. The van der Waals surface area contributed by atoms with Crippen molar-refractivity contribution in [3.8, 4) is 0 Å². The minimum absolute atomic E-state index is 0.0205. The van der Waals surface area contributed by atoms with Crippen molar-refractivity contribution in [1.82, 2.24) is 14.4 Å². The fourth-order valence-corrected chi connectivity index (χ4v) is 4.67. The van der Waals surface area contributed by atoms with Gasteiger partial charge in [-0.2, -0.15) is 0 Å². The second kappa shape index (κ2) is 7.54. The van der Waals surface area contributed by atoms with Crippen molar-refractivity contribution in [2.75, 3.05) is 6.54 Å². The summed E-state index contributed by atoms with van der Waals surface area (Å²) in [6, 6.07) is 18.2. The third-order valence-corrected chi connectivity index (χ3v) is 6.23. The normalized spacial score (nSPS) is 18.0. The Labute approximate surface area is 180 Å². The van der Waals surface area contributed by atoms with E-state index in [1.165, 1.54) is 4.90 Å². The lowest BCUT2D eigenvalue weighted by molar-refractivity contribution is 0.0642. The highest BCUT2D eigenvalue weighted by Crippen LogP contribution is 2.33. The molecule has 5 rings (SSSR count). The highest BCUT2D eigenvalue weighted by Gasteiger charge is 2.35. The van der Waals surface area contributed by atoms with Crippen LogP contribution in [-0.2, 0) is 13.6 Å². The van der Waals surface area contributed by atoms with Crippen molar-refractivity contribution < 1.29 is 14.4 Å². The molecule has 3 aromatic rings. The van der Waals surface area contributed by atoms with E-state index in [4.69, 9.17) is 0 Å². The lowest BCUT2D eigenvalue weighted by Crippen LogP contribution is -2.32. The van der Waals surface area contributed by atoms with Gasteiger partial charge < -0.3 is 9.47 Å². The minimum Gasteiger partial charge on any atom is -0.353 e. The van der Waals surface area contributed by atoms with Crippen molar-refractivity contribution >= 4 is 17.7 Å². The number of aryl methyl sites for hydroxylation is 1. The van der Waals surface area contributed by atoms with E-state index < -0.39 is 0 Å². The van der Waals surface area contributed by atoms with Crippen molar-refractivity contribution in [3.63, 3.8) is 0 Å². The summed E-state index contributed by atoms with van der Waals surface area (Å²) in [7, 11) is 2.00. The molecule has 1 unspecified atom stereocenters. The number of benzene rings is 2. The molecule has 1 aromatic heterocycles. The van der Waals surface area contributed by atoms with Crippen molar-refractivity contribution in [2.45, 2.75) is 25.4 Å². The Balaban J connectivity index is 1.37. The molecule has 0 bridgehead atoms. The lowest BCUT2D eigenvalue weighted by Gasteiger charge is -2.26. The molecule has 3 heterocycles. The molecule has 2 aliphatic rings. The molecule has 2 aromatic carbocycles. The number of likely N-dealkylation sites (tertiary alicyclic amines) is 1. The summed E-state index contributed by atoms with van der Waals surface area (Å²) in [4.78, 5) is 41.9. The van der Waals surface area contributed by atoms with Crippen LogP contribution < -0.4 is 0 Å². The SMILES string of the molecule is Cn1cccc1C1CCCN1C(=O)c1cccc(CN2C(=O)c3ccccc3C2=O)c1. The number of carbonyl (C=O) groups excluding carboxylic acids is 3. The molecular formula is C25H23N3O3. The van der Waals surface area contributed by atoms with Gasteiger partial charge in [-0.25, -0.2) is 0 Å². The Morgan fingerprint density at radius 3 is 2.39 bits per heavy atom. The zero-order valence-corrected chi connectivity index (χ0v) is 17.3. The summed E-state index contributed by atoms with van der Waals surface area (Å²) in [5.41, 5.74) is 3.34. The van der Waals surface area contributed by atoms with E-state index in [0.717, 1.165) is 30.6 Å². The predicted molar refractivity (Wildman–Crippen MR) is 116 cm³/mol. The van der Waals surface area contributed by atoms with Gasteiger partial charge in [-0.3, -0.25) is 19.3 Å². The van der Waals surface area contributed by atoms with Crippen LogP contribution in [0.15, 0.2) is 66.9 Å². The van der Waals surface area contributed by atoms with Crippen LogP contribution >= 0.6 is 0 Å². The number of nitrogens with zero attached hydrogens (tertiary/aromatic N) is 3. The van der Waals surface area contributed by atoms with Crippen LogP contribution in [0.4, 0.5) is 0 Å². The molecular weight excluding hydrogens is 390 g/mol. The standard InChI is InChI=1S/C25H23N3O3/c1-26-13-5-11-21(26)22-12-6-14-27(22)23(29)18-8-4-7-17(15-18)16-28-24(30)19-9-2-3-10-20(19)25(28)31/h2-5,7-11,13,15,22H,6,12,14,16H2,1H3. The molecule has 0 N–H and O–H groups in total. The number of rotatable bonds is 4. The number of carbonyl (C=O) groups is 3. The van der Waals surface area contributed by atoms with Gasteiger partial charge in [-0.05, 0) is 54.8 Å². The van der Waals surface area contributed by atoms with Crippen LogP contribution in [0.3, 0.4) is 0 Å². The number of hydrogen-bond donors (Lipinski definition) is 0. The van der Waals surface area contributed by atoms with Crippen LogP contribution in [0.5, 0.6) is 0 Å². The fraction of sp³-hybridized carbons (Fsp3) is 0.240. The topological polar surface area (TPSA) is 62.6 Å². The first-order chi connectivity index (χ1) is 15.0. The highest BCUT2D eigenvalue weighted by atomic mass is 16.2. The highest BCUT2D eigenvalue weighted by molar-refractivity contribution is 6.21. The van der Waals surface area contributed by atoms with E-state index in [9.17, 15) is 14.4 Å². The first kappa shape index (κ1) is 19.3. The van der Waals surface area contributed by atoms with E-state index in [-0.39, 0.29) is 30.3 Å². The number of imide groups is 1. The van der Waals surface area contributed by atoms with Crippen molar-refractivity contribution in [2.24, 2.45) is 7.05 Å². The molecule has 1 fully saturated rings. The Morgan fingerprint density at radius 2 is 1.71 bits per heavy atom. The molecule has 1 atom stereocenters. The third-order valence-electron chi connectivity index (χ3n) is 6.23. The van der Waals surface area contributed by atoms with Crippen molar-refractivity contribution in [1.29, 1.82) is 0 Å². The molecule has 6 nitrogen and oxygen atoms in total. The average Bonchev–Trinajstić information content (AvgIpc) is 3.49. The predicted octanol–water partition coefficient (Wildman–Crippen LogP) is 3.80. The minimum atomic E-state index is -0.291. The van der Waals surface area contributed by atoms with E-state index in [1.807, 2.05) is 36.3 Å². The average molecular weight is 413 g/mol. The summed E-state index contributed by atoms with van der Waals surface area (Å²) in [6.45, 7) is 0.867. The van der Waals surface area contributed by atoms with Gasteiger partial charge in [-0.15, -0.1) is 0 Å². The van der Waals surface area contributed by atoms with Gasteiger partial charge >= 0.3 is 0 Å².